The van der Waals surface area contributed by atoms with E-state index in [4.69, 9.17) is 0 Å². The van der Waals surface area contributed by atoms with Gasteiger partial charge in [0.1, 0.15) is 5.75 Å². The lowest BCUT2D eigenvalue weighted by molar-refractivity contribution is -0.153. The molecule has 1 amide bonds. The monoisotopic (exact) mass is 316 g/mol. The molecule has 22 heavy (non-hydrogen) atoms. The highest BCUT2D eigenvalue weighted by Crippen LogP contribution is 2.19. The van der Waals surface area contributed by atoms with Crippen molar-refractivity contribution in [2.45, 2.75) is 38.0 Å². The third-order valence-corrected chi connectivity index (χ3v) is 3.41. The van der Waals surface area contributed by atoms with Crippen LogP contribution in [0.1, 0.15) is 24.8 Å². The molecule has 0 aliphatic carbocycles. The summed E-state index contributed by atoms with van der Waals surface area (Å²) in [6.45, 7) is -0.104. The van der Waals surface area contributed by atoms with Gasteiger partial charge in [0.2, 0.25) is 5.91 Å². The highest BCUT2D eigenvalue weighted by atomic mass is 19.4. The molecule has 0 saturated carbocycles. The Labute approximate surface area is 127 Å². The number of hydrogen-bond acceptors (Lipinski definition) is 3. The van der Waals surface area contributed by atoms with Crippen LogP contribution in [0.2, 0.25) is 0 Å². The minimum absolute atomic E-state index is 0.00244. The molecule has 1 aliphatic rings. The van der Waals surface area contributed by atoms with Gasteiger partial charge in [-0.15, -0.1) is 0 Å². The maximum Gasteiger partial charge on any atom is 0.422 e. The quantitative estimate of drug-likeness (QED) is 0.877. The molecule has 0 aromatic heterocycles. The highest BCUT2D eigenvalue weighted by molar-refractivity contribution is 5.81. The Morgan fingerprint density at radius 3 is 2.64 bits per heavy atom. The summed E-state index contributed by atoms with van der Waals surface area (Å²) in [7, 11) is 0. The highest BCUT2D eigenvalue weighted by Gasteiger charge is 2.28. The first kappa shape index (κ1) is 16.6. The van der Waals surface area contributed by atoms with E-state index >= 15 is 0 Å². The number of carbonyl (C=O) groups is 1. The molecule has 1 aromatic rings. The van der Waals surface area contributed by atoms with Crippen molar-refractivity contribution < 1.29 is 22.7 Å². The van der Waals surface area contributed by atoms with Gasteiger partial charge in [0.05, 0.1) is 6.04 Å². The van der Waals surface area contributed by atoms with Crippen molar-refractivity contribution in [2.24, 2.45) is 0 Å². The lowest BCUT2D eigenvalue weighted by atomic mass is 10.1. The van der Waals surface area contributed by atoms with Crippen LogP contribution in [0.15, 0.2) is 24.3 Å². The fourth-order valence-corrected chi connectivity index (χ4v) is 2.24. The Morgan fingerprint density at radius 2 is 1.95 bits per heavy atom. The predicted molar refractivity (Wildman–Crippen MR) is 75.5 cm³/mol. The molecule has 1 fully saturated rings. The number of carbonyl (C=O) groups excluding carboxylic acids is 1. The van der Waals surface area contributed by atoms with Crippen LogP contribution in [0.3, 0.4) is 0 Å². The van der Waals surface area contributed by atoms with Crippen LogP contribution in [-0.4, -0.2) is 31.3 Å². The molecular formula is C15H19F3N2O2. The molecule has 1 aromatic carbocycles. The molecule has 2 N–H and O–H groups in total. The lowest BCUT2D eigenvalue weighted by Gasteiger charge is -2.15. The zero-order valence-corrected chi connectivity index (χ0v) is 12.1. The molecule has 0 spiro atoms. The largest absolute Gasteiger partial charge is 0.484 e. The van der Waals surface area contributed by atoms with Crippen LogP contribution in [0.5, 0.6) is 5.75 Å². The van der Waals surface area contributed by atoms with E-state index in [1.54, 1.807) is 12.1 Å². The summed E-state index contributed by atoms with van der Waals surface area (Å²) >= 11 is 0. The van der Waals surface area contributed by atoms with Crippen molar-refractivity contribution in [3.63, 3.8) is 0 Å². The molecule has 0 radical (unpaired) electrons. The predicted octanol–water partition coefficient (Wildman–Crippen LogP) is 2.39. The van der Waals surface area contributed by atoms with E-state index in [1.165, 1.54) is 12.1 Å². The van der Waals surface area contributed by atoms with Gasteiger partial charge in [-0.05, 0) is 37.0 Å². The van der Waals surface area contributed by atoms with E-state index in [0.717, 1.165) is 24.8 Å². The Morgan fingerprint density at radius 1 is 1.23 bits per heavy atom. The molecule has 2 rings (SSSR count). The van der Waals surface area contributed by atoms with Gasteiger partial charge >= 0.3 is 6.18 Å². The number of halogens is 3. The van der Waals surface area contributed by atoms with Crippen molar-refractivity contribution in [1.29, 1.82) is 0 Å². The molecule has 1 saturated heterocycles. The summed E-state index contributed by atoms with van der Waals surface area (Å²) in [5.41, 5.74) is 0.886. The van der Waals surface area contributed by atoms with Crippen LogP contribution >= 0.6 is 0 Å². The molecule has 1 atom stereocenters. The minimum atomic E-state index is -4.34. The first-order valence-electron chi connectivity index (χ1n) is 7.24. The van der Waals surface area contributed by atoms with E-state index in [9.17, 15) is 18.0 Å². The number of amides is 1. The SMILES string of the molecule is O=C1NCCCC[C@@H]1NCc1ccc(OCC(F)(F)F)cc1. The zero-order chi connectivity index (χ0) is 16.0. The van der Waals surface area contributed by atoms with E-state index in [2.05, 4.69) is 15.4 Å². The van der Waals surface area contributed by atoms with Gasteiger partial charge in [0, 0.05) is 13.1 Å². The average molecular weight is 316 g/mol. The van der Waals surface area contributed by atoms with Crippen LogP contribution < -0.4 is 15.4 Å². The topological polar surface area (TPSA) is 50.4 Å². The van der Waals surface area contributed by atoms with E-state index in [0.29, 0.717) is 13.1 Å². The van der Waals surface area contributed by atoms with Crippen molar-refractivity contribution in [3.05, 3.63) is 29.8 Å². The molecular weight excluding hydrogens is 297 g/mol. The maximum absolute atomic E-state index is 12.0. The fraction of sp³-hybridized carbons (Fsp3) is 0.533. The first-order valence-corrected chi connectivity index (χ1v) is 7.24. The Kier molecular flexibility index (Phi) is 5.65. The number of benzene rings is 1. The molecule has 1 heterocycles. The van der Waals surface area contributed by atoms with Crippen LogP contribution in [0.4, 0.5) is 13.2 Å². The van der Waals surface area contributed by atoms with E-state index in [-0.39, 0.29) is 17.7 Å². The molecule has 0 bridgehead atoms. The van der Waals surface area contributed by atoms with Crippen LogP contribution in [0, 0.1) is 0 Å². The van der Waals surface area contributed by atoms with Gasteiger partial charge in [-0.1, -0.05) is 12.1 Å². The van der Waals surface area contributed by atoms with Crippen LogP contribution in [0.25, 0.3) is 0 Å². The number of rotatable bonds is 5. The van der Waals surface area contributed by atoms with Gasteiger partial charge in [0.15, 0.2) is 6.61 Å². The molecule has 122 valence electrons. The maximum atomic E-state index is 12.0. The van der Waals surface area contributed by atoms with E-state index in [1.807, 2.05) is 0 Å². The van der Waals surface area contributed by atoms with Gasteiger partial charge in [0.25, 0.3) is 0 Å². The second kappa shape index (κ2) is 7.49. The number of ether oxygens (including phenoxy) is 1. The van der Waals surface area contributed by atoms with Crippen molar-refractivity contribution in [3.8, 4) is 5.75 Å². The Hall–Kier alpha value is -1.76. The van der Waals surface area contributed by atoms with Crippen molar-refractivity contribution in [1.82, 2.24) is 10.6 Å². The summed E-state index contributed by atoms with van der Waals surface area (Å²) in [5.74, 6) is 0.177. The lowest BCUT2D eigenvalue weighted by Crippen LogP contribution is -2.42. The summed E-state index contributed by atoms with van der Waals surface area (Å²) in [4.78, 5) is 11.8. The minimum Gasteiger partial charge on any atom is -0.484 e. The molecule has 1 aliphatic heterocycles. The number of nitrogens with one attached hydrogen (secondary N) is 2. The summed E-state index contributed by atoms with van der Waals surface area (Å²) in [6.07, 6.45) is -1.58. The van der Waals surface area contributed by atoms with Gasteiger partial charge in [-0.25, -0.2) is 0 Å². The smallest absolute Gasteiger partial charge is 0.422 e. The van der Waals surface area contributed by atoms with Gasteiger partial charge in [-0.3, -0.25) is 4.79 Å². The fourth-order valence-electron chi connectivity index (χ4n) is 2.24. The number of hydrogen-bond donors (Lipinski definition) is 2. The number of alkyl halides is 3. The van der Waals surface area contributed by atoms with Gasteiger partial charge in [-0.2, -0.15) is 13.2 Å². The first-order chi connectivity index (χ1) is 10.4. The van der Waals surface area contributed by atoms with Crippen LogP contribution in [-0.2, 0) is 11.3 Å². The standard InChI is InChI=1S/C15H19F3N2O2/c16-15(17,18)10-22-12-6-4-11(5-7-12)9-20-13-3-1-2-8-19-14(13)21/h4-7,13,20H,1-3,8-10H2,(H,19,21)/t13-/m0/s1. The summed E-state index contributed by atoms with van der Waals surface area (Å²) in [6, 6.07) is 6.15. The third-order valence-electron chi connectivity index (χ3n) is 3.41. The second-order valence-electron chi connectivity index (χ2n) is 5.27. The summed E-state index contributed by atoms with van der Waals surface area (Å²) < 4.78 is 40.8. The van der Waals surface area contributed by atoms with Crippen molar-refractivity contribution in [2.75, 3.05) is 13.2 Å². The van der Waals surface area contributed by atoms with Crippen molar-refractivity contribution >= 4 is 5.91 Å². The summed E-state index contributed by atoms with van der Waals surface area (Å²) in [5, 5.41) is 6.01. The van der Waals surface area contributed by atoms with E-state index < -0.39 is 12.8 Å². The Bertz CT molecular complexity index is 489. The molecule has 4 nitrogen and oxygen atoms in total. The molecule has 0 unspecified atom stereocenters. The zero-order valence-electron chi connectivity index (χ0n) is 12.1. The Balaban J connectivity index is 1.82. The second-order valence-corrected chi connectivity index (χ2v) is 5.27. The van der Waals surface area contributed by atoms with Gasteiger partial charge < -0.3 is 15.4 Å². The third kappa shape index (κ3) is 5.55. The molecule has 7 heteroatoms. The average Bonchev–Trinajstić information content (AvgIpc) is 2.68. The normalized spacial score (nSPS) is 19.4.